The van der Waals surface area contributed by atoms with E-state index in [2.05, 4.69) is 15.2 Å². The molecule has 2 aliphatic heterocycles. The quantitative estimate of drug-likeness (QED) is 0.231. The van der Waals surface area contributed by atoms with Gasteiger partial charge in [0.25, 0.3) is 0 Å². The standard InChI is InChI=1S/C21H32ClN3O4.HI/c1-23-21(25-8-5-17(6-9-25)27-11-3-10-26-2)24-7-4-16-14-18(22)20-19(15-16)28-12-13-29-20;/h14-15,17H,3-13H2,1-2H3,(H,23,24);1H. The van der Waals surface area contributed by atoms with Crippen molar-refractivity contribution < 1.29 is 18.9 Å². The van der Waals surface area contributed by atoms with Crippen LogP contribution in [-0.4, -0.2) is 77.2 Å². The molecule has 1 aromatic rings. The zero-order valence-electron chi connectivity index (χ0n) is 17.8. The van der Waals surface area contributed by atoms with Crippen molar-refractivity contribution in [1.29, 1.82) is 0 Å². The Balaban J connectivity index is 0.00000320. The summed E-state index contributed by atoms with van der Waals surface area (Å²) >= 11 is 6.33. The third-order valence-corrected chi connectivity index (χ3v) is 5.43. The third kappa shape index (κ3) is 7.32. The monoisotopic (exact) mass is 553 g/mol. The first-order chi connectivity index (χ1) is 14.2. The maximum Gasteiger partial charge on any atom is 0.193 e. The summed E-state index contributed by atoms with van der Waals surface area (Å²) in [5.74, 6) is 2.32. The van der Waals surface area contributed by atoms with Gasteiger partial charge in [-0.3, -0.25) is 4.99 Å². The molecule has 170 valence electrons. The van der Waals surface area contributed by atoms with Crippen LogP contribution in [0.1, 0.15) is 24.8 Å². The van der Waals surface area contributed by atoms with Gasteiger partial charge in [-0.2, -0.15) is 0 Å². The van der Waals surface area contributed by atoms with E-state index in [9.17, 15) is 0 Å². The number of piperidine rings is 1. The number of ether oxygens (including phenoxy) is 4. The Hall–Kier alpha value is -0.970. The topological polar surface area (TPSA) is 64.6 Å². The molecule has 0 spiro atoms. The van der Waals surface area contributed by atoms with Crippen molar-refractivity contribution in [2.75, 3.05) is 60.2 Å². The summed E-state index contributed by atoms with van der Waals surface area (Å²) in [6.07, 6.45) is 4.15. The fourth-order valence-electron chi connectivity index (χ4n) is 3.65. The van der Waals surface area contributed by atoms with Crippen LogP contribution in [0.5, 0.6) is 11.5 Å². The van der Waals surface area contributed by atoms with Crippen molar-refractivity contribution >= 4 is 41.5 Å². The number of nitrogens with zero attached hydrogens (tertiary/aromatic N) is 2. The Bertz CT molecular complexity index is 684. The highest BCUT2D eigenvalue weighted by atomic mass is 127. The highest BCUT2D eigenvalue weighted by Crippen LogP contribution is 2.38. The van der Waals surface area contributed by atoms with E-state index in [0.717, 1.165) is 75.8 Å². The number of hydrogen-bond donors (Lipinski definition) is 1. The van der Waals surface area contributed by atoms with E-state index in [1.807, 2.05) is 19.2 Å². The molecule has 30 heavy (non-hydrogen) atoms. The van der Waals surface area contributed by atoms with E-state index in [1.54, 1.807) is 7.11 Å². The first-order valence-electron chi connectivity index (χ1n) is 10.4. The van der Waals surface area contributed by atoms with Gasteiger partial charge < -0.3 is 29.2 Å². The van der Waals surface area contributed by atoms with Crippen LogP contribution in [-0.2, 0) is 15.9 Å². The van der Waals surface area contributed by atoms with Gasteiger partial charge in [-0.15, -0.1) is 24.0 Å². The number of halogens is 2. The second-order valence-corrected chi connectivity index (χ2v) is 7.64. The smallest absolute Gasteiger partial charge is 0.193 e. The summed E-state index contributed by atoms with van der Waals surface area (Å²) in [5.41, 5.74) is 1.12. The molecule has 0 unspecified atom stereocenters. The maximum atomic E-state index is 6.33. The van der Waals surface area contributed by atoms with E-state index in [-0.39, 0.29) is 24.0 Å². The van der Waals surface area contributed by atoms with Gasteiger partial charge in [0, 0.05) is 47.0 Å². The van der Waals surface area contributed by atoms with Gasteiger partial charge in [0.15, 0.2) is 17.5 Å². The lowest BCUT2D eigenvalue weighted by atomic mass is 10.1. The maximum absolute atomic E-state index is 6.33. The molecule has 0 aliphatic carbocycles. The predicted octanol–water partition coefficient (Wildman–Crippen LogP) is 3.36. The van der Waals surface area contributed by atoms with E-state index < -0.39 is 0 Å². The Labute approximate surface area is 201 Å². The van der Waals surface area contributed by atoms with Crippen molar-refractivity contribution in [3.05, 3.63) is 22.7 Å². The number of rotatable bonds is 8. The largest absolute Gasteiger partial charge is 0.486 e. The average Bonchev–Trinajstić information content (AvgIpc) is 2.75. The second-order valence-electron chi connectivity index (χ2n) is 7.23. The molecular formula is C21H33ClIN3O4. The molecule has 0 atom stereocenters. The second kappa shape index (κ2) is 13.4. The Morgan fingerprint density at radius 2 is 2.00 bits per heavy atom. The molecule has 0 amide bonds. The zero-order chi connectivity index (χ0) is 20.5. The lowest BCUT2D eigenvalue weighted by molar-refractivity contribution is 0.00992. The first-order valence-corrected chi connectivity index (χ1v) is 10.7. The summed E-state index contributed by atoms with van der Waals surface area (Å²) in [6, 6.07) is 3.96. The van der Waals surface area contributed by atoms with Crippen LogP contribution < -0.4 is 14.8 Å². The lowest BCUT2D eigenvalue weighted by Gasteiger charge is -2.34. The van der Waals surface area contributed by atoms with Crippen molar-refractivity contribution in [2.24, 2.45) is 4.99 Å². The van der Waals surface area contributed by atoms with Crippen LogP contribution in [0.3, 0.4) is 0 Å². The van der Waals surface area contributed by atoms with Crippen molar-refractivity contribution in [3.63, 3.8) is 0 Å². The normalized spacial score (nSPS) is 16.9. The molecule has 9 heteroatoms. The number of fused-ring (bicyclic) bond motifs is 1. The van der Waals surface area contributed by atoms with Crippen LogP contribution in [0.2, 0.25) is 5.02 Å². The van der Waals surface area contributed by atoms with E-state index >= 15 is 0 Å². The van der Waals surface area contributed by atoms with Crippen molar-refractivity contribution in [2.45, 2.75) is 31.8 Å². The number of guanidine groups is 1. The van der Waals surface area contributed by atoms with E-state index in [4.69, 9.17) is 30.5 Å². The van der Waals surface area contributed by atoms with E-state index in [1.165, 1.54) is 0 Å². The number of likely N-dealkylation sites (tertiary alicyclic amines) is 1. The number of methoxy groups -OCH3 is 1. The van der Waals surface area contributed by atoms with Gasteiger partial charge in [-0.05, 0) is 43.4 Å². The molecule has 2 heterocycles. The molecule has 0 bridgehead atoms. The van der Waals surface area contributed by atoms with Gasteiger partial charge in [-0.25, -0.2) is 0 Å². The minimum Gasteiger partial charge on any atom is -0.486 e. The summed E-state index contributed by atoms with van der Waals surface area (Å²) in [7, 11) is 3.55. The first kappa shape index (κ1) is 25.3. The van der Waals surface area contributed by atoms with Crippen LogP contribution in [0.4, 0.5) is 0 Å². The van der Waals surface area contributed by atoms with Gasteiger partial charge in [0.1, 0.15) is 13.2 Å². The van der Waals surface area contributed by atoms with Crippen molar-refractivity contribution in [1.82, 2.24) is 10.2 Å². The molecule has 3 rings (SSSR count). The molecular weight excluding hydrogens is 521 g/mol. The van der Waals surface area contributed by atoms with Crippen molar-refractivity contribution in [3.8, 4) is 11.5 Å². The Morgan fingerprint density at radius 1 is 1.23 bits per heavy atom. The summed E-state index contributed by atoms with van der Waals surface area (Å²) in [4.78, 5) is 6.74. The van der Waals surface area contributed by atoms with E-state index in [0.29, 0.717) is 30.1 Å². The summed E-state index contributed by atoms with van der Waals surface area (Å²) in [6.45, 7) is 5.29. The number of hydrogen-bond acceptors (Lipinski definition) is 5. The zero-order valence-corrected chi connectivity index (χ0v) is 20.9. The molecule has 1 N–H and O–H groups in total. The van der Waals surface area contributed by atoms with Gasteiger partial charge in [-0.1, -0.05) is 11.6 Å². The molecule has 1 aromatic carbocycles. The highest BCUT2D eigenvalue weighted by Gasteiger charge is 2.22. The minimum absolute atomic E-state index is 0. The van der Waals surface area contributed by atoms with Gasteiger partial charge >= 0.3 is 0 Å². The van der Waals surface area contributed by atoms with Crippen LogP contribution >= 0.6 is 35.6 Å². The molecule has 0 aromatic heterocycles. The van der Waals surface area contributed by atoms with Crippen LogP contribution in [0, 0.1) is 0 Å². The lowest BCUT2D eigenvalue weighted by Crippen LogP contribution is -2.47. The molecule has 0 saturated carbocycles. The Kier molecular flexibility index (Phi) is 11.3. The van der Waals surface area contributed by atoms with Gasteiger partial charge in [0.05, 0.1) is 11.1 Å². The average molecular weight is 554 g/mol. The minimum atomic E-state index is 0. The molecule has 2 aliphatic rings. The van der Waals surface area contributed by atoms with Crippen LogP contribution in [0.25, 0.3) is 0 Å². The molecule has 7 nitrogen and oxygen atoms in total. The Morgan fingerprint density at radius 3 is 2.73 bits per heavy atom. The fourth-order valence-corrected chi connectivity index (χ4v) is 3.93. The third-order valence-electron chi connectivity index (χ3n) is 5.15. The molecule has 0 radical (unpaired) electrons. The SMILES string of the molecule is CN=C(NCCc1cc(Cl)c2c(c1)OCCO2)N1CCC(OCCCOC)CC1.I. The number of aliphatic imine (C=N–C) groups is 1. The highest BCUT2D eigenvalue weighted by molar-refractivity contribution is 14.0. The fraction of sp³-hybridized carbons (Fsp3) is 0.667. The molecule has 1 fully saturated rings. The van der Waals surface area contributed by atoms with Crippen LogP contribution in [0.15, 0.2) is 17.1 Å². The summed E-state index contributed by atoms with van der Waals surface area (Å²) < 4.78 is 22.2. The number of nitrogens with one attached hydrogen (secondary N) is 1. The summed E-state index contributed by atoms with van der Waals surface area (Å²) in [5, 5.41) is 4.07. The molecule has 1 saturated heterocycles. The predicted molar refractivity (Wildman–Crippen MR) is 130 cm³/mol. The number of benzene rings is 1. The van der Waals surface area contributed by atoms with Gasteiger partial charge in [0.2, 0.25) is 0 Å².